The second-order valence-corrected chi connectivity index (χ2v) is 6.31. The Balaban J connectivity index is 2.02. The van der Waals surface area contributed by atoms with Gasteiger partial charge < -0.3 is 14.8 Å². The number of nitrogens with one attached hydrogen (secondary N) is 1. The maximum absolute atomic E-state index is 12.1. The molecule has 6 heteroatoms. The van der Waals surface area contributed by atoms with E-state index in [1.54, 1.807) is 18.2 Å². The lowest BCUT2D eigenvalue weighted by Gasteiger charge is -2.13. The first-order valence-electron chi connectivity index (χ1n) is 6.93. The fourth-order valence-electron chi connectivity index (χ4n) is 1.97. The van der Waals surface area contributed by atoms with E-state index in [-0.39, 0.29) is 12.5 Å². The molecule has 1 N–H and O–H groups in total. The minimum Gasteiger partial charge on any atom is -0.495 e. The van der Waals surface area contributed by atoms with E-state index in [4.69, 9.17) is 21.1 Å². The van der Waals surface area contributed by atoms with Crippen molar-refractivity contribution in [2.75, 3.05) is 19.0 Å². The maximum Gasteiger partial charge on any atom is 0.262 e. The summed E-state index contributed by atoms with van der Waals surface area (Å²) < 4.78 is 11.7. The minimum atomic E-state index is -0.273. The Morgan fingerprint density at radius 3 is 2.61 bits per heavy atom. The Bertz CT molecular complexity index is 734. The van der Waals surface area contributed by atoms with Crippen LogP contribution in [0.3, 0.4) is 0 Å². The van der Waals surface area contributed by atoms with Gasteiger partial charge in [-0.1, -0.05) is 27.5 Å². The van der Waals surface area contributed by atoms with Crippen LogP contribution in [0.25, 0.3) is 0 Å². The quantitative estimate of drug-likeness (QED) is 0.791. The van der Waals surface area contributed by atoms with Gasteiger partial charge in [0.05, 0.1) is 12.8 Å². The average molecular weight is 399 g/mol. The number of ether oxygens (including phenoxy) is 2. The predicted octanol–water partition coefficient (Wildman–Crippen LogP) is 4.75. The summed E-state index contributed by atoms with van der Waals surface area (Å²) in [5, 5.41) is 3.35. The van der Waals surface area contributed by atoms with Crippen LogP contribution < -0.4 is 14.8 Å². The zero-order chi connectivity index (χ0) is 17.0. The largest absolute Gasteiger partial charge is 0.495 e. The van der Waals surface area contributed by atoms with Crippen LogP contribution in [0.5, 0.6) is 11.5 Å². The van der Waals surface area contributed by atoms with Crippen molar-refractivity contribution in [3.63, 3.8) is 0 Å². The average Bonchev–Trinajstić information content (AvgIpc) is 2.52. The monoisotopic (exact) mass is 397 g/mol. The number of hydrogen-bond donors (Lipinski definition) is 1. The van der Waals surface area contributed by atoms with E-state index >= 15 is 0 Å². The van der Waals surface area contributed by atoms with Gasteiger partial charge in [0.25, 0.3) is 5.91 Å². The number of amides is 1. The summed E-state index contributed by atoms with van der Waals surface area (Å²) in [4.78, 5) is 12.1. The first-order valence-corrected chi connectivity index (χ1v) is 8.10. The van der Waals surface area contributed by atoms with Gasteiger partial charge in [0.1, 0.15) is 11.5 Å². The highest BCUT2D eigenvalue weighted by atomic mass is 79.9. The van der Waals surface area contributed by atoms with Crippen LogP contribution in [0.15, 0.2) is 34.8 Å². The molecule has 0 aliphatic rings. The highest BCUT2D eigenvalue weighted by Crippen LogP contribution is 2.31. The summed E-state index contributed by atoms with van der Waals surface area (Å²) in [6, 6.07) is 8.99. The van der Waals surface area contributed by atoms with Gasteiger partial charge in [0.15, 0.2) is 6.61 Å². The second-order valence-electron chi connectivity index (χ2n) is 5.05. The molecule has 0 aromatic heterocycles. The zero-order valence-electron chi connectivity index (χ0n) is 13.1. The molecular formula is C17H17BrClNO3. The summed E-state index contributed by atoms with van der Waals surface area (Å²) in [5.41, 5.74) is 2.46. The number of anilines is 1. The summed E-state index contributed by atoms with van der Waals surface area (Å²) in [7, 11) is 1.53. The lowest BCUT2D eigenvalue weighted by Crippen LogP contribution is -2.20. The summed E-state index contributed by atoms with van der Waals surface area (Å²) in [5.74, 6) is 0.874. The number of carbonyl (C=O) groups excluding carboxylic acids is 1. The van der Waals surface area contributed by atoms with Crippen molar-refractivity contribution >= 4 is 39.1 Å². The highest BCUT2D eigenvalue weighted by Gasteiger charge is 2.11. The first kappa shape index (κ1) is 17.6. The predicted molar refractivity (Wildman–Crippen MR) is 95.7 cm³/mol. The Morgan fingerprint density at radius 1 is 1.22 bits per heavy atom. The lowest BCUT2D eigenvalue weighted by atomic mass is 10.2. The Labute approximate surface area is 148 Å². The Morgan fingerprint density at radius 2 is 1.96 bits per heavy atom. The number of aryl methyl sites for hydroxylation is 2. The second kappa shape index (κ2) is 7.70. The Hall–Kier alpha value is -1.72. The number of halogens is 2. The molecule has 122 valence electrons. The third kappa shape index (κ3) is 4.62. The van der Waals surface area contributed by atoms with Gasteiger partial charge in [-0.15, -0.1) is 0 Å². The van der Waals surface area contributed by atoms with E-state index in [1.165, 1.54) is 7.11 Å². The molecule has 2 rings (SSSR count). The molecule has 0 atom stereocenters. The van der Waals surface area contributed by atoms with Gasteiger partial charge in [-0.2, -0.15) is 0 Å². The molecule has 4 nitrogen and oxygen atoms in total. The van der Waals surface area contributed by atoms with Crippen molar-refractivity contribution in [1.82, 2.24) is 0 Å². The van der Waals surface area contributed by atoms with Crippen LogP contribution >= 0.6 is 27.5 Å². The van der Waals surface area contributed by atoms with Crippen LogP contribution in [0.1, 0.15) is 11.1 Å². The van der Waals surface area contributed by atoms with Crippen molar-refractivity contribution in [3.8, 4) is 11.5 Å². The molecule has 2 aromatic carbocycles. The fraction of sp³-hybridized carbons (Fsp3) is 0.235. The molecule has 0 unspecified atom stereocenters. The fourth-order valence-corrected chi connectivity index (χ4v) is 2.37. The molecular weight excluding hydrogens is 382 g/mol. The molecule has 2 aromatic rings. The summed E-state index contributed by atoms with van der Waals surface area (Å²) >= 11 is 9.47. The van der Waals surface area contributed by atoms with Crippen molar-refractivity contribution in [1.29, 1.82) is 0 Å². The minimum absolute atomic E-state index is 0.0914. The van der Waals surface area contributed by atoms with Gasteiger partial charge in [0.2, 0.25) is 0 Å². The smallest absolute Gasteiger partial charge is 0.262 e. The molecule has 0 aliphatic carbocycles. The van der Waals surface area contributed by atoms with Crippen LogP contribution in [0.4, 0.5) is 5.69 Å². The molecule has 0 saturated carbocycles. The van der Waals surface area contributed by atoms with E-state index in [9.17, 15) is 4.79 Å². The first-order chi connectivity index (χ1) is 10.9. The van der Waals surface area contributed by atoms with Crippen molar-refractivity contribution < 1.29 is 14.3 Å². The zero-order valence-corrected chi connectivity index (χ0v) is 15.4. The van der Waals surface area contributed by atoms with Gasteiger partial charge in [-0.05, 0) is 49.2 Å². The number of benzene rings is 2. The SMILES string of the molecule is COc1cc(Cl)c(C)cc1NC(=O)COc1ccc(Br)c(C)c1. The molecule has 23 heavy (non-hydrogen) atoms. The molecule has 0 fully saturated rings. The maximum atomic E-state index is 12.1. The summed E-state index contributed by atoms with van der Waals surface area (Å²) in [6.45, 7) is 3.73. The van der Waals surface area contributed by atoms with Crippen molar-refractivity contribution in [3.05, 3.63) is 51.0 Å². The van der Waals surface area contributed by atoms with E-state index in [1.807, 2.05) is 26.0 Å². The van der Waals surface area contributed by atoms with Crippen LogP contribution in [-0.4, -0.2) is 19.6 Å². The summed E-state index contributed by atoms with van der Waals surface area (Å²) in [6.07, 6.45) is 0. The number of hydrogen-bond acceptors (Lipinski definition) is 3. The molecule has 0 saturated heterocycles. The highest BCUT2D eigenvalue weighted by molar-refractivity contribution is 9.10. The van der Waals surface area contributed by atoms with Gasteiger partial charge in [-0.25, -0.2) is 0 Å². The number of rotatable bonds is 5. The van der Waals surface area contributed by atoms with Crippen LogP contribution in [0.2, 0.25) is 5.02 Å². The third-order valence-corrected chi connectivity index (χ3v) is 4.55. The van der Waals surface area contributed by atoms with Crippen molar-refractivity contribution in [2.24, 2.45) is 0 Å². The van der Waals surface area contributed by atoms with E-state index < -0.39 is 0 Å². The molecule has 0 bridgehead atoms. The Kier molecular flexibility index (Phi) is 5.91. The molecule has 1 amide bonds. The standard InChI is InChI=1S/C17H17BrClNO3/c1-10-6-12(4-5-13(10)18)23-9-17(21)20-15-7-11(2)14(19)8-16(15)22-3/h4-8H,9H2,1-3H3,(H,20,21). The number of carbonyl (C=O) groups is 1. The van der Waals surface area contributed by atoms with Gasteiger partial charge in [-0.3, -0.25) is 4.79 Å². The number of methoxy groups -OCH3 is 1. The third-order valence-electron chi connectivity index (χ3n) is 3.25. The normalized spacial score (nSPS) is 10.3. The van der Waals surface area contributed by atoms with E-state index in [2.05, 4.69) is 21.2 Å². The topological polar surface area (TPSA) is 47.6 Å². The van der Waals surface area contributed by atoms with Crippen LogP contribution in [-0.2, 0) is 4.79 Å². The molecule has 0 spiro atoms. The van der Waals surface area contributed by atoms with Crippen LogP contribution in [0, 0.1) is 13.8 Å². The molecule has 0 aliphatic heterocycles. The molecule has 0 radical (unpaired) electrons. The van der Waals surface area contributed by atoms with Gasteiger partial charge in [0, 0.05) is 15.6 Å². The van der Waals surface area contributed by atoms with E-state index in [0.717, 1.165) is 15.6 Å². The lowest BCUT2D eigenvalue weighted by molar-refractivity contribution is -0.118. The van der Waals surface area contributed by atoms with Crippen molar-refractivity contribution in [2.45, 2.75) is 13.8 Å². The molecule has 0 heterocycles. The van der Waals surface area contributed by atoms with Gasteiger partial charge >= 0.3 is 0 Å². The van der Waals surface area contributed by atoms with E-state index in [0.29, 0.717) is 22.2 Å².